The van der Waals surface area contributed by atoms with E-state index in [2.05, 4.69) is 15.9 Å². The zero-order valence-electron chi connectivity index (χ0n) is 23.8. The van der Waals surface area contributed by atoms with Crippen LogP contribution in [0.25, 0.3) is 22.4 Å². The number of ether oxygens (including phenoxy) is 1. The van der Waals surface area contributed by atoms with E-state index in [-0.39, 0.29) is 43.1 Å². The van der Waals surface area contributed by atoms with Gasteiger partial charge in [-0.3, -0.25) is 0 Å². The molecule has 1 aromatic heterocycles. The van der Waals surface area contributed by atoms with E-state index in [0.717, 1.165) is 25.0 Å². The van der Waals surface area contributed by atoms with Gasteiger partial charge in [0.05, 0.1) is 0 Å². The van der Waals surface area contributed by atoms with E-state index in [1.54, 1.807) is 36.4 Å². The second kappa shape index (κ2) is 14.9. The Morgan fingerprint density at radius 3 is 2.30 bits per heavy atom. The van der Waals surface area contributed by atoms with Gasteiger partial charge in [-0.1, -0.05) is 6.92 Å². The number of amides is 3. The quantitative estimate of drug-likeness (QED) is 0.248. The van der Waals surface area contributed by atoms with E-state index in [1.165, 1.54) is 28.0 Å². The molecule has 1 saturated heterocycles. The predicted molar refractivity (Wildman–Crippen MR) is 157 cm³/mol. The fraction of sp³-hybridized carbons (Fsp3) is 0.323. The number of alkyl halides is 3. The number of carbonyl (C=O) groups excluding carboxylic acids is 3. The first kappa shape index (κ1) is 32.5. The molecular formula is C31H30F3N4O5P. The molecule has 4 rings (SSSR count). The Bertz CT molecular complexity index is 1610. The van der Waals surface area contributed by atoms with Gasteiger partial charge in [-0.2, -0.15) is 0 Å². The Balaban J connectivity index is 1.56. The third-order valence-corrected chi connectivity index (χ3v) is 7.29. The summed E-state index contributed by atoms with van der Waals surface area (Å²) in [5, 5.41) is 2.50. The fourth-order valence-corrected chi connectivity index (χ4v) is 4.82. The molecule has 0 aliphatic carbocycles. The number of carbonyl (C=O) groups is 3. The molecule has 230 valence electrons. The maximum atomic E-state index is 13.4. The number of unbranched alkanes of at least 4 members (excludes halogenated alkanes) is 1. The van der Waals surface area contributed by atoms with Gasteiger partial charge >= 0.3 is 247 Å². The summed E-state index contributed by atoms with van der Waals surface area (Å²) < 4.78 is 57.0. The zero-order chi connectivity index (χ0) is 31.7. The molecule has 1 N–H and O–H groups in total. The Morgan fingerprint density at radius 2 is 1.64 bits per heavy atom. The van der Waals surface area contributed by atoms with Crippen LogP contribution in [0.4, 0.5) is 18.0 Å². The van der Waals surface area contributed by atoms with Crippen molar-refractivity contribution in [3.63, 3.8) is 0 Å². The molecular weight excluding hydrogens is 596 g/mol. The van der Waals surface area contributed by atoms with E-state index < -0.39 is 43.6 Å². The Morgan fingerprint density at radius 1 is 0.955 bits per heavy atom. The number of hydrogen-bond donors (Lipinski definition) is 1. The number of halogens is 3. The van der Waals surface area contributed by atoms with Crippen LogP contribution in [0.5, 0.6) is 0 Å². The van der Waals surface area contributed by atoms with Gasteiger partial charge in [0.2, 0.25) is 0 Å². The molecule has 0 radical (unpaired) electrons. The number of rotatable bonds is 8. The molecule has 1 atom stereocenters. The third kappa shape index (κ3) is 8.36. The van der Waals surface area contributed by atoms with Crippen LogP contribution in [-0.4, -0.2) is 71.5 Å². The van der Waals surface area contributed by atoms with E-state index in [1.807, 2.05) is 6.92 Å². The molecule has 2 aromatic carbocycles. The second-order valence-corrected chi connectivity index (χ2v) is 10.4. The van der Waals surface area contributed by atoms with Crippen molar-refractivity contribution in [3.05, 3.63) is 78.0 Å². The Kier molecular flexibility index (Phi) is 11.0. The fourth-order valence-electron chi connectivity index (χ4n) is 4.54. The minimum atomic E-state index is -4.58. The Hall–Kier alpha value is -4.40. The average molecular weight is 627 g/mol. The van der Waals surface area contributed by atoms with Gasteiger partial charge in [-0.05, 0) is 0 Å². The summed E-state index contributed by atoms with van der Waals surface area (Å²) in [5.74, 6) is -1.40. The summed E-state index contributed by atoms with van der Waals surface area (Å²) in [4.78, 5) is 46.2. The van der Waals surface area contributed by atoms with Crippen molar-refractivity contribution in [2.75, 3.05) is 32.8 Å². The minimum absolute atomic E-state index is 0.113. The van der Waals surface area contributed by atoms with E-state index in [0.29, 0.717) is 17.7 Å². The SMILES string of the molecule is CCCCOC(=O)N1CCN(C(=O)[C@H](C#P=O)NC(=O)c2cc(-c3ccccc3)cc(-c3cccc(C(F)(F)F)c3)n2)CC1. The van der Waals surface area contributed by atoms with E-state index >= 15 is 0 Å². The molecule has 1 aliphatic rings. The molecule has 1 aliphatic heterocycles. The van der Waals surface area contributed by atoms with Gasteiger partial charge in [0, 0.05) is 0 Å². The predicted octanol–water partition coefficient (Wildman–Crippen LogP) is 5.86. The molecule has 0 bridgehead atoms. The topological polar surface area (TPSA) is 109 Å². The van der Waals surface area contributed by atoms with Crippen molar-refractivity contribution in [1.29, 1.82) is 0 Å². The van der Waals surface area contributed by atoms with E-state index in [4.69, 9.17) is 4.74 Å². The number of hydrogen-bond acceptors (Lipinski definition) is 6. The van der Waals surface area contributed by atoms with Crippen LogP contribution < -0.4 is 5.32 Å². The molecule has 3 amide bonds. The number of piperazine rings is 1. The van der Waals surface area contributed by atoms with Gasteiger partial charge in [0.25, 0.3) is 0 Å². The second-order valence-electron chi connectivity index (χ2n) is 9.98. The molecule has 2 heterocycles. The van der Waals surface area contributed by atoms with Crippen molar-refractivity contribution >= 4 is 25.8 Å². The summed E-state index contributed by atoms with van der Waals surface area (Å²) >= 11 is 0. The molecule has 0 saturated carbocycles. The van der Waals surface area contributed by atoms with Crippen LogP contribution in [-0.2, 0) is 20.3 Å². The van der Waals surface area contributed by atoms with Crippen LogP contribution in [0.15, 0.2) is 66.7 Å². The van der Waals surface area contributed by atoms with Crippen LogP contribution in [0, 0.1) is 5.63 Å². The molecule has 13 heteroatoms. The average Bonchev–Trinajstić information content (AvgIpc) is 3.04. The molecule has 0 spiro atoms. The van der Waals surface area contributed by atoms with Gasteiger partial charge in [0.1, 0.15) is 0 Å². The summed E-state index contributed by atoms with van der Waals surface area (Å²) in [6, 6.07) is 15.1. The maximum absolute atomic E-state index is 13.4. The first-order valence-corrected chi connectivity index (χ1v) is 14.8. The standard InChI is InChI=1S/C31H30F3N4O5P/c1-2-3-16-43-30(41)38-14-12-37(13-15-38)29(40)27(20-44-42)36-28(39)26-19-23(21-8-5-4-6-9-21)18-25(35-26)22-10-7-11-24(17-22)31(32,33)34/h4-11,17-19,27H,2-3,12-16H2,1H3,(H,36,39)/t27-/m0/s1. The monoisotopic (exact) mass is 626 g/mol. The van der Waals surface area contributed by atoms with Crippen molar-refractivity contribution in [1.82, 2.24) is 20.1 Å². The van der Waals surface area contributed by atoms with Gasteiger partial charge in [-0.15, -0.1) is 0 Å². The molecule has 9 nitrogen and oxygen atoms in total. The van der Waals surface area contributed by atoms with Crippen molar-refractivity contribution in [2.24, 2.45) is 0 Å². The van der Waals surface area contributed by atoms with Crippen molar-refractivity contribution in [2.45, 2.75) is 32.0 Å². The third-order valence-electron chi connectivity index (χ3n) is 6.93. The number of nitrogens with zero attached hydrogens (tertiary/aromatic N) is 3. The number of aromatic nitrogens is 1. The van der Waals surface area contributed by atoms with E-state index in [9.17, 15) is 32.1 Å². The molecule has 3 aromatic rings. The molecule has 44 heavy (non-hydrogen) atoms. The molecule has 1 fully saturated rings. The van der Waals surface area contributed by atoms with Crippen LogP contribution in [0.1, 0.15) is 35.8 Å². The normalized spacial score (nSPS) is 13.9. The van der Waals surface area contributed by atoms with Crippen LogP contribution in [0.3, 0.4) is 0 Å². The number of pyridine rings is 1. The van der Waals surface area contributed by atoms with Crippen LogP contribution >= 0.6 is 7.92 Å². The summed E-state index contributed by atoms with van der Waals surface area (Å²) in [6.45, 7) is 3.04. The number of nitrogens with one attached hydrogen (secondary N) is 1. The van der Waals surface area contributed by atoms with Crippen LogP contribution in [0.2, 0.25) is 0 Å². The van der Waals surface area contributed by atoms with Gasteiger partial charge in [0.15, 0.2) is 0 Å². The summed E-state index contributed by atoms with van der Waals surface area (Å²) in [5.41, 5.74) is 2.82. The van der Waals surface area contributed by atoms with Gasteiger partial charge in [-0.25, -0.2) is 0 Å². The molecule has 0 unspecified atom stereocenters. The Labute approximate surface area is 253 Å². The van der Waals surface area contributed by atoms with Gasteiger partial charge < -0.3 is 0 Å². The first-order chi connectivity index (χ1) is 21.1. The first-order valence-electron chi connectivity index (χ1n) is 13.9. The number of benzene rings is 2. The zero-order valence-corrected chi connectivity index (χ0v) is 24.7. The van der Waals surface area contributed by atoms with Crippen molar-refractivity contribution < 1.29 is 36.9 Å². The summed E-state index contributed by atoms with van der Waals surface area (Å²) in [6.07, 6.45) is -3.42. The van der Waals surface area contributed by atoms with Crippen molar-refractivity contribution in [3.8, 4) is 28.0 Å². The summed E-state index contributed by atoms with van der Waals surface area (Å²) in [7, 11) is -0.626.